The van der Waals surface area contributed by atoms with Gasteiger partial charge in [0.2, 0.25) is 0 Å². The predicted octanol–water partition coefficient (Wildman–Crippen LogP) is 7.09. The molecule has 0 aromatic heterocycles. The summed E-state index contributed by atoms with van der Waals surface area (Å²) >= 11 is 0. The highest BCUT2D eigenvalue weighted by molar-refractivity contribution is 5.49. The van der Waals surface area contributed by atoms with Crippen LogP contribution in [0, 0.1) is 0 Å². The minimum Gasteiger partial charge on any atom is -0.467 e. The largest absolute Gasteiger partial charge is 0.467 e. The molecule has 0 saturated heterocycles. The Hall–Kier alpha value is -1.98. The van der Waals surface area contributed by atoms with Crippen LogP contribution < -0.4 is 9.47 Å². The van der Waals surface area contributed by atoms with Crippen molar-refractivity contribution in [3.05, 3.63) is 46.6 Å². The molecular weight excluding hydrogens is 576 g/mol. The number of ether oxygens (including phenoxy) is 9. The van der Waals surface area contributed by atoms with Crippen LogP contribution in [-0.4, -0.2) is 93.4 Å². The fourth-order valence-electron chi connectivity index (χ4n) is 4.28. The van der Waals surface area contributed by atoms with Crippen molar-refractivity contribution in [1.82, 2.24) is 0 Å². The fraction of sp³-hybridized carbons (Fsp3) is 0.722. The molecule has 0 aliphatic heterocycles. The zero-order valence-corrected chi connectivity index (χ0v) is 29.3. The molecule has 1 unspecified atom stereocenters. The third kappa shape index (κ3) is 22.2. The third-order valence-electron chi connectivity index (χ3n) is 6.82. The van der Waals surface area contributed by atoms with E-state index in [4.69, 9.17) is 42.6 Å². The molecule has 1 rings (SSSR count). The van der Waals surface area contributed by atoms with Crippen molar-refractivity contribution in [2.75, 3.05) is 87.1 Å². The van der Waals surface area contributed by atoms with Crippen LogP contribution in [0.4, 0.5) is 0 Å². The van der Waals surface area contributed by atoms with Gasteiger partial charge in [-0.2, -0.15) is 0 Å². The SMILES string of the molecule is CCCCCc1cc(OCOCCOCCOCCOCCOC)c(C/C=C(\C)CCC=C(C)C)c(OC(C)OCCOC)c1. The molecule has 0 saturated carbocycles. The van der Waals surface area contributed by atoms with Gasteiger partial charge in [0, 0.05) is 19.8 Å². The second-order valence-corrected chi connectivity index (χ2v) is 11.2. The van der Waals surface area contributed by atoms with Gasteiger partial charge >= 0.3 is 0 Å². The summed E-state index contributed by atoms with van der Waals surface area (Å²) in [6.07, 6.45) is 11.2. The number of allylic oxidation sites excluding steroid dienone is 4. The number of hydrogen-bond donors (Lipinski definition) is 0. The second-order valence-electron chi connectivity index (χ2n) is 11.2. The van der Waals surface area contributed by atoms with Crippen LogP contribution in [0.15, 0.2) is 35.4 Å². The summed E-state index contributed by atoms with van der Waals surface area (Å²) in [5.41, 5.74) is 4.84. The van der Waals surface area contributed by atoms with Gasteiger partial charge in [-0.15, -0.1) is 0 Å². The van der Waals surface area contributed by atoms with Gasteiger partial charge < -0.3 is 42.6 Å². The first-order chi connectivity index (χ1) is 21.9. The Bertz CT molecular complexity index is 912. The number of benzene rings is 1. The molecule has 0 heterocycles. The van der Waals surface area contributed by atoms with E-state index < -0.39 is 6.29 Å². The number of unbranched alkanes of at least 4 members (excludes halogenated alkanes) is 2. The summed E-state index contributed by atoms with van der Waals surface area (Å²) in [5, 5.41) is 0. The van der Waals surface area contributed by atoms with Gasteiger partial charge in [-0.3, -0.25) is 0 Å². The van der Waals surface area contributed by atoms with Gasteiger partial charge in [0.1, 0.15) is 11.5 Å². The lowest BCUT2D eigenvalue weighted by Gasteiger charge is -2.21. The van der Waals surface area contributed by atoms with Crippen molar-refractivity contribution in [2.45, 2.75) is 85.9 Å². The number of rotatable bonds is 30. The maximum Gasteiger partial charge on any atom is 0.197 e. The summed E-state index contributed by atoms with van der Waals surface area (Å²) in [5.74, 6) is 1.56. The van der Waals surface area contributed by atoms with Gasteiger partial charge in [0.05, 0.1) is 66.1 Å². The quantitative estimate of drug-likeness (QED) is 0.0498. The van der Waals surface area contributed by atoms with E-state index in [1.54, 1.807) is 14.2 Å². The molecule has 0 N–H and O–H groups in total. The van der Waals surface area contributed by atoms with Crippen LogP contribution in [0.1, 0.15) is 77.8 Å². The van der Waals surface area contributed by atoms with Crippen molar-refractivity contribution >= 4 is 0 Å². The minimum absolute atomic E-state index is 0.118. The fourth-order valence-corrected chi connectivity index (χ4v) is 4.28. The Morgan fingerprint density at radius 3 is 1.96 bits per heavy atom. The molecule has 1 aromatic carbocycles. The lowest BCUT2D eigenvalue weighted by Crippen LogP contribution is -2.20. The maximum atomic E-state index is 6.37. The van der Waals surface area contributed by atoms with Crippen molar-refractivity contribution in [3.63, 3.8) is 0 Å². The molecule has 1 atom stereocenters. The van der Waals surface area contributed by atoms with Crippen LogP contribution in [0.5, 0.6) is 11.5 Å². The monoisotopic (exact) mass is 638 g/mol. The first-order valence-electron chi connectivity index (χ1n) is 16.6. The minimum atomic E-state index is -0.430. The van der Waals surface area contributed by atoms with Crippen molar-refractivity contribution in [3.8, 4) is 11.5 Å². The highest BCUT2D eigenvalue weighted by Crippen LogP contribution is 2.34. The molecule has 9 nitrogen and oxygen atoms in total. The Balaban J connectivity index is 2.83. The van der Waals surface area contributed by atoms with E-state index in [0.29, 0.717) is 72.5 Å². The number of aryl methyl sites for hydroxylation is 1. The molecule has 0 bridgehead atoms. The maximum absolute atomic E-state index is 6.37. The van der Waals surface area contributed by atoms with Gasteiger partial charge in [-0.25, -0.2) is 0 Å². The summed E-state index contributed by atoms with van der Waals surface area (Å²) in [6.45, 7) is 15.8. The molecular formula is C36H62O9. The summed E-state index contributed by atoms with van der Waals surface area (Å²) < 4.78 is 50.8. The van der Waals surface area contributed by atoms with E-state index in [2.05, 4.69) is 52.0 Å². The zero-order chi connectivity index (χ0) is 33.0. The molecule has 260 valence electrons. The first kappa shape index (κ1) is 41.0. The van der Waals surface area contributed by atoms with Crippen LogP contribution in [0.3, 0.4) is 0 Å². The zero-order valence-electron chi connectivity index (χ0n) is 29.3. The Morgan fingerprint density at radius 1 is 0.733 bits per heavy atom. The molecule has 0 aliphatic carbocycles. The van der Waals surface area contributed by atoms with Gasteiger partial charge in [-0.1, -0.05) is 43.1 Å². The van der Waals surface area contributed by atoms with Gasteiger partial charge in [-0.05, 0) is 77.5 Å². The van der Waals surface area contributed by atoms with E-state index in [9.17, 15) is 0 Å². The lowest BCUT2D eigenvalue weighted by molar-refractivity contribution is -0.0801. The predicted molar refractivity (Wildman–Crippen MR) is 179 cm³/mol. The van der Waals surface area contributed by atoms with Crippen LogP contribution in [0.2, 0.25) is 0 Å². The van der Waals surface area contributed by atoms with E-state index in [-0.39, 0.29) is 6.79 Å². The Labute approximate surface area is 273 Å². The second kappa shape index (κ2) is 28.3. The number of methoxy groups -OCH3 is 2. The highest BCUT2D eigenvalue weighted by Gasteiger charge is 2.16. The smallest absolute Gasteiger partial charge is 0.197 e. The van der Waals surface area contributed by atoms with Crippen LogP contribution in [0.25, 0.3) is 0 Å². The van der Waals surface area contributed by atoms with Crippen molar-refractivity contribution in [2.24, 2.45) is 0 Å². The van der Waals surface area contributed by atoms with Crippen LogP contribution >= 0.6 is 0 Å². The lowest BCUT2D eigenvalue weighted by atomic mass is 10.00. The summed E-state index contributed by atoms with van der Waals surface area (Å²) in [4.78, 5) is 0. The average molecular weight is 639 g/mol. The Morgan fingerprint density at radius 2 is 1.33 bits per heavy atom. The molecule has 1 aromatic rings. The van der Waals surface area contributed by atoms with Crippen molar-refractivity contribution in [1.29, 1.82) is 0 Å². The molecule has 0 aliphatic rings. The van der Waals surface area contributed by atoms with E-state index in [1.807, 2.05) is 6.92 Å². The van der Waals surface area contributed by atoms with E-state index in [1.165, 1.54) is 23.1 Å². The average Bonchev–Trinajstić information content (AvgIpc) is 3.01. The first-order valence-corrected chi connectivity index (χ1v) is 16.6. The highest BCUT2D eigenvalue weighted by atomic mass is 16.7. The molecule has 0 spiro atoms. The van der Waals surface area contributed by atoms with Gasteiger partial charge in [0.15, 0.2) is 13.1 Å². The molecule has 0 radical (unpaired) electrons. The topological polar surface area (TPSA) is 83.1 Å². The van der Waals surface area contributed by atoms with E-state index >= 15 is 0 Å². The third-order valence-corrected chi connectivity index (χ3v) is 6.82. The molecule has 0 fully saturated rings. The van der Waals surface area contributed by atoms with Crippen molar-refractivity contribution < 1.29 is 42.6 Å². The summed E-state index contributed by atoms with van der Waals surface area (Å²) in [7, 11) is 3.32. The molecule has 9 heteroatoms. The standard InChI is InChI=1S/C36H62O9/c1-8-9-10-14-33-27-35(44-29-42-25-24-41-23-22-40-21-20-39-19-17-37-6)34(16-15-31(4)13-11-12-30(2)3)36(28-33)45-32(5)43-26-18-38-7/h12,15,27-28,32H,8-11,13-14,16-26,29H2,1-7H3/b31-15+. The molecule has 0 amide bonds. The summed E-state index contributed by atoms with van der Waals surface area (Å²) in [6, 6.07) is 4.28. The normalized spacial score (nSPS) is 12.4. The van der Waals surface area contributed by atoms with Crippen LogP contribution in [-0.2, 0) is 46.0 Å². The molecule has 45 heavy (non-hydrogen) atoms. The van der Waals surface area contributed by atoms with Gasteiger partial charge in [0.25, 0.3) is 0 Å². The van der Waals surface area contributed by atoms with E-state index in [0.717, 1.165) is 49.2 Å². The Kier molecular flexibility index (Phi) is 25.8. The number of hydrogen-bond acceptors (Lipinski definition) is 9.